The van der Waals surface area contributed by atoms with Gasteiger partial charge in [0.25, 0.3) is 5.91 Å². The maximum atomic E-state index is 13.2. The summed E-state index contributed by atoms with van der Waals surface area (Å²) in [6.45, 7) is 0.380. The lowest BCUT2D eigenvalue weighted by molar-refractivity contribution is 0.102. The van der Waals surface area contributed by atoms with E-state index in [4.69, 9.17) is 14.7 Å². The number of nitriles is 1. The van der Waals surface area contributed by atoms with Crippen molar-refractivity contribution in [3.8, 4) is 17.3 Å². The molecule has 4 aromatic heterocycles. The summed E-state index contributed by atoms with van der Waals surface area (Å²) in [6, 6.07) is 17.9. The van der Waals surface area contributed by atoms with Crippen LogP contribution in [0.25, 0.3) is 22.3 Å². The molecule has 0 radical (unpaired) electrons. The number of furan rings is 1. The number of benzene rings is 1. The highest BCUT2D eigenvalue weighted by Gasteiger charge is 2.18. The van der Waals surface area contributed by atoms with Crippen LogP contribution in [-0.2, 0) is 6.54 Å². The van der Waals surface area contributed by atoms with E-state index in [1.54, 1.807) is 59.9 Å². The van der Waals surface area contributed by atoms with Gasteiger partial charge in [0.15, 0.2) is 5.65 Å². The van der Waals surface area contributed by atoms with E-state index < -0.39 is 0 Å². The fourth-order valence-corrected chi connectivity index (χ4v) is 3.43. The van der Waals surface area contributed by atoms with Crippen LogP contribution < -0.4 is 5.32 Å². The number of carbonyl (C=O) groups excluding carboxylic acids is 1. The molecule has 0 aliphatic heterocycles. The van der Waals surface area contributed by atoms with Crippen LogP contribution in [0.2, 0.25) is 0 Å². The lowest BCUT2D eigenvalue weighted by Crippen LogP contribution is -2.13. The van der Waals surface area contributed by atoms with Crippen LogP contribution in [0.5, 0.6) is 0 Å². The summed E-state index contributed by atoms with van der Waals surface area (Å²) in [4.78, 5) is 22.2. The Morgan fingerprint density at radius 2 is 2.06 bits per heavy atom. The molecule has 0 spiro atoms. The van der Waals surface area contributed by atoms with E-state index in [1.807, 2.05) is 24.3 Å². The third-order valence-electron chi connectivity index (χ3n) is 4.95. The van der Waals surface area contributed by atoms with Crippen molar-refractivity contribution in [2.45, 2.75) is 6.54 Å². The zero-order valence-corrected chi connectivity index (χ0v) is 16.8. The summed E-state index contributed by atoms with van der Waals surface area (Å²) in [6.07, 6.45) is 6.60. The molecule has 8 nitrogen and oxygen atoms in total. The second-order valence-corrected chi connectivity index (χ2v) is 7.06. The third kappa shape index (κ3) is 3.70. The fraction of sp³-hybridized carbons (Fsp3) is 0.0417. The lowest BCUT2D eigenvalue weighted by Gasteiger charge is -2.10. The highest BCUT2D eigenvalue weighted by Crippen LogP contribution is 2.26. The Bertz CT molecular complexity index is 1450. The molecule has 1 aromatic carbocycles. The summed E-state index contributed by atoms with van der Waals surface area (Å²) in [5, 5.41) is 17.0. The molecule has 0 unspecified atom stereocenters. The molecular formula is C24H16N6O2. The molecule has 0 aliphatic rings. The van der Waals surface area contributed by atoms with Gasteiger partial charge in [0.2, 0.25) is 0 Å². The molecule has 1 N–H and O–H groups in total. The molecule has 0 fully saturated rings. The zero-order chi connectivity index (χ0) is 21.9. The summed E-state index contributed by atoms with van der Waals surface area (Å²) < 4.78 is 7.14. The largest absolute Gasteiger partial charge is 0.467 e. The number of fused-ring (bicyclic) bond motifs is 1. The van der Waals surface area contributed by atoms with Crippen LogP contribution >= 0.6 is 0 Å². The second-order valence-electron chi connectivity index (χ2n) is 7.06. The summed E-state index contributed by atoms with van der Waals surface area (Å²) in [7, 11) is 0. The van der Waals surface area contributed by atoms with Crippen molar-refractivity contribution in [2.24, 2.45) is 0 Å². The number of carbonyl (C=O) groups is 1. The molecule has 0 saturated heterocycles. The highest BCUT2D eigenvalue weighted by atomic mass is 16.3. The van der Waals surface area contributed by atoms with E-state index in [0.717, 1.165) is 11.3 Å². The van der Waals surface area contributed by atoms with Gasteiger partial charge >= 0.3 is 0 Å². The Hall–Kier alpha value is -4.77. The number of pyridine rings is 2. The first-order valence-corrected chi connectivity index (χ1v) is 9.82. The predicted molar refractivity (Wildman–Crippen MR) is 118 cm³/mol. The average molecular weight is 420 g/mol. The minimum atomic E-state index is -0.324. The van der Waals surface area contributed by atoms with Crippen molar-refractivity contribution in [1.82, 2.24) is 19.7 Å². The Balaban J connectivity index is 1.61. The van der Waals surface area contributed by atoms with Gasteiger partial charge in [0.05, 0.1) is 40.7 Å². The predicted octanol–water partition coefficient (Wildman–Crippen LogP) is 4.26. The van der Waals surface area contributed by atoms with Crippen LogP contribution in [0.3, 0.4) is 0 Å². The molecule has 32 heavy (non-hydrogen) atoms. The van der Waals surface area contributed by atoms with Crippen molar-refractivity contribution in [2.75, 3.05) is 5.32 Å². The molecule has 5 aromatic rings. The maximum Gasteiger partial charge on any atom is 0.256 e. The van der Waals surface area contributed by atoms with E-state index in [9.17, 15) is 4.79 Å². The van der Waals surface area contributed by atoms with Crippen LogP contribution in [0.1, 0.15) is 21.7 Å². The molecule has 5 rings (SSSR count). The molecular weight excluding hydrogens is 404 g/mol. The smallest absolute Gasteiger partial charge is 0.256 e. The van der Waals surface area contributed by atoms with Crippen LogP contribution in [0.15, 0.2) is 83.9 Å². The standard InChI is InChI=1S/C24H16N6O2/c25-12-16-4-1-6-18(10-16)28-24(31)20-11-22(17-5-2-8-26-13-17)29-23-21(20)14-27-30(23)15-19-7-3-9-32-19/h1-11,13-14H,15H2,(H,28,31). The Kier molecular flexibility index (Phi) is 4.90. The molecule has 0 bridgehead atoms. The van der Waals surface area contributed by atoms with E-state index in [0.29, 0.717) is 40.1 Å². The highest BCUT2D eigenvalue weighted by molar-refractivity contribution is 6.12. The lowest BCUT2D eigenvalue weighted by atomic mass is 10.1. The second kappa shape index (κ2) is 8.16. The van der Waals surface area contributed by atoms with E-state index in [-0.39, 0.29) is 5.91 Å². The van der Waals surface area contributed by atoms with Gasteiger partial charge in [0.1, 0.15) is 12.3 Å². The first-order chi connectivity index (χ1) is 15.7. The number of nitrogens with zero attached hydrogens (tertiary/aromatic N) is 5. The number of rotatable bonds is 5. The van der Waals surface area contributed by atoms with Gasteiger partial charge in [-0.1, -0.05) is 6.07 Å². The Morgan fingerprint density at radius 3 is 2.84 bits per heavy atom. The summed E-state index contributed by atoms with van der Waals surface area (Å²) in [5.74, 6) is 0.401. The van der Waals surface area contributed by atoms with Gasteiger partial charge in [-0.25, -0.2) is 9.67 Å². The SMILES string of the molecule is N#Cc1cccc(NC(=O)c2cc(-c3cccnc3)nc3c2cnn3Cc2ccco2)c1. The molecule has 8 heteroatoms. The number of aromatic nitrogens is 4. The molecule has 1 amide bonds. The number of anilines is 1. The molecule has 0 atom stereocenters. The van der Waals surface area contributed by atoms with Gasteiger partial charge in [0, 0.05) is 23.6 Å². The Morgan fingerprint density at radius 1 is 1.12 bits per heavy atom. The minimum Gasteiger partial charge on any atom is -0.467 e. The topological polar surface area (TPSA) is 110 Å². The fourth-order valence-electron chi connectivity index (χ4n) is 3.43. The monoisotopic (exact) mass is 420 g/mol. The maximum absolute atomic E-state index is 13.2. The van der Waals surface area contributed by atoms with Crippen molar-refractivity contribution in [3.63, 3.8) is 0 Å². The molecule has 0 aliphatic carbocycles. The summed E-state index contributed by atoms with van der Waals surface area (Å²) in [5.41, 5.74) is 3.35. The van der Waals surface area contributed by atoms with Crippen molar-refractivity contribution in [3.05, 3.63) is 96.3 Å². The van der Waals surface area contributed by atoms with Gasteiger partial charge in [-0.05, 0) is 48.5 Å². The number of nitrogens with one attached hydrogen (secondary N) is 1. The van der Waals surface area contributed by atoms with E-state index in [1.165, 1.54) is 0 Å². The number of hydrogen-bond acceptors (Lipinski definition) is 6. The zero-order valence-electron chi connectivity index (χ0n) is 16.8. The third-order valence-corrected chi connectivity index (χ3v) is 4.95. The molecule has 0 saturated carbocycles. The average Bonchev–Trinajstić information content (AvgIpc) is 3.49. The van der Waals surface area contributed by atoms with Crippen LogP contribution in [0, 0.1) is 11.3 Å². The van der Waals surface area contributed by atoms with Crippen molar-refractivity contribution < 1.29 is 9.21 Å². The minimum absolute atomic E-state index is 0.324. The number of hydrogen-bond donors (Lipinski definition) is 1. The summed E-state index contributed by atoms with van der Waals surface area (Å²) >= 11 is 0. The first-order valence-electron chi connectivity index (χ1n) is 9.82. The Labute approximate surface area is 182 Å². The van der Waals surface area contributed by atoms with Gasteiger partial charge < -0.3 is 9.73 Å². The molecule has 154 valence electrons. The molecule has 4 heterocycles. The van der Waals surface area contributed by atoms with Crippen molar-refractivity contribution in [1.29, 1.82) is 5.26 Å². The first kappa shape index (κ1) is 19.2. The van der Waals surface area contributed by atoms with E-state index in [2.05, 4.69) is 21.5 Å². The van der Waals surface area contributed by atoms with Crippen LogP contribution in [0.4, 0.5) is 5.69 Å². The van der Waals surface area contributed by atoms with Gasteiger partial charge in [-0.15, -0.1) is 0 Å². The van der Waals surface area contributed by atoms with Gasteiger partial charge in [-0.3, -0.25) is 9.78 Å². The van der Waals surface area contributed by atoms with Gasteiger partial charge in [-0.2, -0.15) is 10.4 Å². The number of amides is 1. The van der Waals surface area contributed by atoms with Crippen LogP contribution in [-0.4, -0.2) is 25.7 Å². The van der Waals surface area contributed by atoms with Crippen molar-refractivity contribution >= 4 is 22.6 Å². The normalized spacial score (nSPS) is 10.7. The quantitative estimate of drug-likeness (QED) is 0.455. The van der Waals surface area contributed by atoms with E-state index >= 15 is 0 Å².